The molecule has 1 aromatic carbocycles. The second-order valence-electron chi connectivity index (χ2n) is 8.76. The van der Waals surface area contributed by atoms with Crippen LogP contribution in [0.15, 0.2) is 63.1 Å². The molecule has 1 unspecified atom stereocenters. The molecule has 1 atom stereocenters. The highest BCUT2D eigenvalue weighted by atomic mass is 32.2. The number of nitrogens with one attached hydrogen (secondary N) is 2. The van der Waals surface area contributed by atoms with Gasteiger partial charge < -0.3 is 11.1 Å². The number of aliphatic imine (C=N–C) groups is 1. The van der Waals surface area contributed by atoms with Crippen LogP contribution in [0.5, 0.6) is 0 Å². The zero-order valence-corrected chi connectivity index (χ0v) is 20.7. The molecule has 4 N–H and O–H groups in total. The third-order valence-corrected chi connectivity index (χ3v) is 8.69. The van der Waals surface area contributed by atoms with Gasteiger partial charge >= 0.3 is 0 Å². The molecule has 1 aliphatic heterocycles. The number of allylic oxidation sites excluding steroid dienone is 3. The molecule has 0 saturated carbocycles. The fraction of sp³-hybridized carbons (Fsp3) is 0.364. The number of hydrogen-bond donors (Lipinski definition) is 3. The van der Waals surface area contributed by atoms with Crippen LogP contribution in [0.4, 0.5) is 10.8 Å². The van der Waals surface area contributed by atoms with Crippen LogP contribution in [0, 0.1) is 0 Å². The molecule has 1 aliphatic carbocycles. The Kier molecular flexibility index (Phi) is 6.49. The number of aromatic nitrogens is 1. The minimum Gasteiger partial charge on any atom is -0.402 e. The lowest BCUT2D eigenvalue weighted by Crippen LogP contribution is -2.40. The van der Waals surface area contributed by atoms with Crippen LogP contribution in [0.25, 0.3) is 0 Å². The first-order valence-corrected chi connectivity index (χ1v) is 13.6. The largest absolute Gasteiger partial charge is 0.402 e. The SMILES string of the molecule is CC(C)(C)NS(=O)(=O)c1cc(Nc2nccs2)ccc1C1CN=C(C2=CC=C(N)CC2)S1. The molecule has 10 heteroatoms. The summed E-state index contributed by atoms with van der Waals surface area (Å²) >= 11 is 3.08. The van der Waals surface area contributed by atoms with Crippen LogP contribution in [-0.4, -0.2) is 30.5 Å². The summed E-state index contributed by atoms with van der Waals surface area (Å²) in [5.74, 6) is 0. The second kappa shape index (κ2) is 9.01. The number of anilines is 2. The Morgan fingerprint density at radius 3 is 2.66 bits per heavy atom. The molecule has 2 aromatic rings. The van der Waals surface area contributed by atoms with Gasteiger partial charge in [0, 0.05) is 28.5 Å². The van der Waals surface area contributed by atoms with Crippen LogP contribution >= 0.6 is 23.1 Å². The number of hydrogen-bond acceptors (Lipinski definition) is 8. The summed E-state index contributed by atoms with van der Waals surface area (Å²) < 4.78 is 29.5. The van der Waals surface area contributed by atoms with Crippen LogP contribution in [0.3, 0.4) is 0 Å². The Morgan fingerprint density at radius 2 is 2.00 bits per heavy atom. The van der Waals surface area contributed by atoms with E-state index >= 15 is 0 Å². The lowest BCUT2D eigenvalue weighted by atomic mass is 10.0. The Bertz CT molecular complexity index is 1190. The molecule has 170 valence electrons. The van der Waals surface area contributed by atoms with Gasteiger partial charge in [0.25, 0.3) is 0 Å². The van der Waals surface area contributed by atoms with Gasteiger partial charge in [0.15, 0.2) is 5.13 Å². The smallest absolute Gasteiger partial charge is 0.241 e. The van der Waals surface area contributed by atoms with Crippen molar-refractivity contribution in [2.45, 2.75) is 49.3 Å². The Balaban J connectivity index is 1.65. The zero-order chi connectivity index (χ0) is 22.9. The van der Waals surface area contributed by atoms with Crippen LogP contribution in [0.1, 0.15) is 44.4 Å². The maximum atomic E-state index is 13.4. The van der Waals surface area contributed by atoms with E-state index in [0.717, 1.165) is 34.7 Å². The average molecular weight is 490 g/mol. The third-order valence-electron chi connectivity index (χ3n) is 4.89. The molecule has 2 aliphatic rings. The van der Waals surface area contributed by atoms with Gasteiger partial charge in [0.05, 0.1) is 21.7 Å². The molecule has 0 fully saturated rings. The van der Waals surface area contributed by atoms with Crippen LogP contribution in [-0.2, 0) is 10.0 Å². The maximum Gasteiger partial charge on any atom is 0.241 e. The lowest BCUT2D eigenvalue weighted by molar-refractivity contribution is 0.491. The molecule has 4 rings (SSSR count). The van der Waals surface area contributed by atoms with Gasteiger partial charge in [-0.2, -0.15) is 0 Å². The first-order chi connectivity index (χ1) is 15.1. The van der Waals surface area contributed by atoms with E-state index in [1.54, 1.807) is 24.0 Å². The summed E-state index contributed by atoms with van der Waals surface area (Å²) in [4.78, 5) is 9.22. The van der Waals surface area contributed by atoms with Gasteiger partial charge in [0.1, 0.15) is 0 Å². The lowest BCUT2D eigenvalue weighted by Gasteiger charge is -2.23. The first-order valence-electron chi connectivity index (χ1n) is 10.3. The highest BCUT2D eigenvalue weighted by molar-refractivity contribution is 8.15. The average Bonchev–Trinajstić information content (AvgIpc) is 3.39. The predicted octanol–water partition coefficient (Wildman–Crippen LogP) is 4.71. The monoisotopic (exact) mass is 489 g/mol. The number of nitrogens with two attached hydrogens (primary N) is 1. The number of rotatable bonds is 6. The Labute approximate surface area is 197 Å². The minimum absolute atomic E-state index is 0.0744. The summed E-state index contributed by atoms with van der Waals surface area (Å²) in [6.07, 6.45) is 7.33. The quantitative estimate of drug-likeness (QED) is 0.542. The Hall–Kier alpha value is -2.14. The van der Waals surface area contributed by atoms with Gasteiger partial charge in [-0.1, -0.05) is 23.9 Å². The Morgan fingerprint density at radius 1 is 1.19 bits per heavy atom. The summed E-state index contributed by atoms with van der Waals surface area (Å²) in [5, 5.41) is 6.67. The van der Waals surface area contributed by atoms with Gasteiger partial charge in [-0.05, 0) is 63.0 Å². The number of sulfonamides is 1. The van der Waals surface area contributed by atoms with E-state index in [2.05, 4.69) is 15.0 Å². The molecule has 1 aromatic heterocycles. The molecular weight excluding hydrogens is 462 g/mol. The van der Waals surface area contributed by atoms with E-state index in [1.165, 1.54) is 11.3 Å². The summed E-state index contributed by atoms with van der Waals surface area (Å²) in [6, 6.07) is 5.47. The van der Waals surface area contributed by atoms with Crippen LogP contribution in [0.2, 0.25) is 0 Å². The summed E-state index contributed by atoms with van der Waals surface area (Å²) in [7, 11) is -3.75. The molecule has 0 radical (unpaired) electrons. The van der Waals surface area contributed by atoms with Crippen molar-refractivity contribution in [1.82, 2.24) is 9.71 Å². The van der Waals surface area contributed by atoms with Gasteiger partial charge in [-0.3, -0.25) is 4.99 Å². The zero-order valence-electron chi connectivity index (χ0n) is 18.3. The highest BCUT2D eigenvalue weighted by Gasteiger charge is 2.31. The minimum atomic E-state index is -3.75. The fourth-order valence-electron chi connectivity index (χ4n) is 3.52. The highest BCUT2D eigenvalue weighted by Crippen LogP contribution is 2.42. The first kappa shape index (κ1) is 23.0. The molecule has 2 heterocycles. The van der Waals surface area contributed by atoms with E-state index in [4.69, 9.17) is 10.7 Å². The van der Waals surface area contributed by atoms with Crippen molar-refractivity contribution in [3.63, 3.8) is 0 Å². The van der Waals surface area contributed by atoms with Gasteiger partial charge in [-0.15, -0.1) is 11.3 Å². The van der Waals surface area contributed by atoms with E-state index in [1.807, 2.05) is 50.4 Å². The van der Waals surface area contributed by atoms with E-state index in [0.29, 0.717) is 17.4 Å². The molecule has 32 heavy (non-hydrogen) atoms. The number of benzene rings is 1. The molecule has 0 amide bonds. The molecule has 7 nitrogen and oxygen atoms in total. The number of nitrogens with zero attached hydrogens (tertiary/aromatic N) is 2. The van der Waals surface area contributed by atoms with Crippen LogP contribution < -0.4 is 15.8 Å². The standard InChI is InChI=1S/C22H27N5O2S3/c1-22(2,3)27-32(28,29)19-12-16(26-21-24-10-11-30-21)8-9-17(19)18-13-25-20(31-18)14-4-6-15(23)7-5-14/h4,6,8-12,18,27H,5,7,13,23H2,1-3H3,(H,24,26). The third kappa shape index (κ3) is 5.43. The van der Waals surface area contributed by atoms with Gasteiger partial charge in [-0.25, -0.2) is 18.1 Å². The second-order valence-corrected chi connectivity index (χ2v) is 12.5. The van der Waals surface area contributed by atoms with Crippen molar-refractivity contribution in [2.75, 3.05) is 11.9 Å². The van der Waals surface area contributed by atoms with Crippen molar-refractivity contribution in [3.05, 3.63) is 58.8 Å². The van der Waals surface area contributed by atoms with E-state index in [9.17, 15) is 8.42 Å². The predicted molar refractivity (Wildman–Crippen MR) is 134 cm³/mol. The molecular formula is C22H27N5O2S3. The number of thioether (sulfide) groups is 1. The number of thiazole rings is 1. The van der Waals surface area contributed by atoms with Crippen molar-refractivity contribution in [2.24, 2.45) is 10.7 Å². The maximum absolute atomic E-state index is 13.4. The fourth-order valence-corrected chi connectivity index (χ4v) is 7.09. The molecule has 0 saturated heterocycles. The van der Waals surface area contributed by atoms with Crippen molar-refractivity contribution >= 4 is 49.0 Å². The van der Waals surface area contributed by atoms with Crippen molar-refractivity contribution in [1.29, 1.82) is 0 Å². The van der Waals surface area contributed by atoms with E-state index < -0.39 is 15.6 Å². The van der Waals surface area contributed by atoms with Crippen molar-refractivity contribution in [3.8, 4) is 0 Å². The topological polar surface area (TPSA) is 109 Å². The van der Waals surface area contributed by atoms with E-state index in [-0.39, 0.29) is 10.1 Å². The summed E-state index contributed by atoms with van der Waals surface area (Å²) in [6.45, 7) is 6.04. The molecule has 0 bridgehead atoms. The normalized spacial score (nSPS) is 19.3. The van der Waals surface area contributed by atoms with Gasteiger partial charge in [0.2, 0.25) is 10.0 Å². The summed E-state index contributed by atoms with van der Waals surface area (Å²) in [5.41, 5.74) is 8.74. The molecule has 0 spiro atoms. The van der Waals surface area contributed by atoms with Crippen molar-refractivity contribution < 1.29 is 8.42 Å².